The average Bonchev–Trinajstić information content (AvgIpc) is 3.11. The molecule has 1 amide bonds. The number of hydrogen-bond acceptors (Lipinski definition) is 3. The van der Waals surface area contributed by atoms with Gasteiger partial charge in [-0.2, -0.15) is 0 Å². The number of nitrogens with zero attached hydrogens (tertiary/aromatic N) is 2. The van der Waals surface area contributed by atoms with Crippen LogP contribution in [0.4, 0.5) is 8.78 Å². The van der Waals surface area contributed by atoms with E-state index in [2.05, 4.69) is 5.16 Å². The van der Waals surface area contributed by atoms with Gasteiger partial charge in [-0.3, -0.25) is 4.79 Å². The second-order valence-electron chi connectivity index (χ2n) is 7.09. The molecule has 0 radical (unpaired) electrons. The van der Waals surface area contributed by atoms with E-state index in [1.807, 2.05) is 12.1 Å². The molecule has 0 aliphatic carbocycles. The Morgan fingerprint density at radius 1 is 1.25 bits per heavy atom. The first-order valence-electron chi connectivity index (χ1n) is 9.05. The van der Waals surface area contributed by atoms with Gasteiger partial charge in [0.25, 0.3) is 0 Å². The van der Waals surface area contributed by atoms with Crippen LogP contribution < -0.4 is 0 Å². The van der Waals surface area contributed by atoms with Crippen LogP contribution in [0.2, 0.25) is 5.02 Å². The third-order valence-corrected chi connectivity index (χ3v) is 4.77. The molecule has 0 saturated heterocycles. The second kappa shape index (κ2) is 8.69. The molecular weight excluding hydrogens is 386 g/mol. The number of hydrogen-bond donors (Lipinski definition) is 0. The largest absolute Gasteiger partial charge is 0.390 e. The lowest BCUT2D eigenvalue weighted by Gasteiger charge is -2.26. The van der Waals surface area contributed by atoms with Gasteiger partial charge in [-0.05, 0) is 23.8 Å². The predicted molar refractivity (Wildman–Crippen MR) is 104 cm³/mol. The average molecular weight is 407 g/mol. The van der Waals surface area contributed by atoms with Crippen molar-refractivity contribution in [1.29, 1.82) is 0 Å². The lowest BCUT2D eigenvalue weighted by atomic mass is 10.0. The molecule has 0 saturated carbocycles. The Hall–Kier alpha value is -2.47. The minimum atomic E-state index is -0.674. The summed E-state index contributed by atoms with van der Waals surface area (Å²) in [4.78, 5) is 19.7. The summed E-state index contributed by atoms with van der Waals surface area (Å²) in [5.41, 5.74) is 1.93. The fraction of sp³-hybridized carbons (Fsp3) is 0.333. The SMILES string of the molecule is CC(C)C(=O)N(Cc1ccc(F)cc1F)C[C@@H]1CC(c2ccc(Cl)cc2)=NO1. The number of carbonyl (C=O) groups is 1. The molecule has 148 valence electrons. The molecule has 4 nitrogen and oxygen atoms in total. The van der Waals surface area contributed by atoms with Crippen LogP contribution in [0, 0.1) is 17.6 Å². The van der Waals surface area contributed by atoms with Crippen molar-refractivity contribution in [2.45, 2.75) is 32.9 Å². The molecule has 0 N–H and O–H groups in total. The summed E-state index contributed by atoms with van der Waals surface area (Å²) < 4.78 is 27.2. The first-order chi connectivity index (χ1) is 13.3. The van der Waals surface area contributed by atoms with Gasteiger partial charge in [0.05, 0.1) is 12.3 Å². The van der Waals surface area contributed by atoms with E-state index in [0.717, 1.165) is 17.3 Å². The Bertz CT molecular complexity index is 884. The van der Waals surface area contributed by atoms with Crippen molar-refractivity contribution in [2.75, 3.05) is 6.54 Å². The van der Waals surface area contributed by atoms with E-state index < -0.39 is 11.6 Å². The molecule has 0 bridgehead atoms. The van der Waals surface area contributed by atoms with Crippen LogP contribution >= 0.6 is 11.6 Å². The molecule has 2 aromatic rings. The molecule has 28 heavy (non-hydrogen) atoms. The Morgan fingerprint density at radius 2 is 1.96 bits per heavy atom. The minimum Gasteiger partial charge on any atom is -0.390 e. The number of oxime groups is 1. The summed E-state index contributed by atoms with van der Waals surface area (Å²) >= 11 is 5.91. The summed E-state index contributed by atoms with van der Waals surface area (Å²) in [6.07, 6.45) is 0.187. The number of benzene rings is 2. The van der Waals surface area contributed by atoms with Gasteiger partial charge in [-0.1, -0.05) is 48.8 Å². The highest BCUT2D eigenvalue weighted by atomic mass is 35.5. The van der Waals surface area contributed by atoms with Crippen LogP contribution in [0.1, 0.15) is 31.4 Å². The van der Waals surface area contributed by atoms with Crippen molar-refractivity contribution in [3.63, 3.8) is 0 Å². The molecule has 0 spiro atoms. The van der Waals surface area contributed by atoms with Crippen molar-refractivity contribution >= 4 is 23.2 Å². The maximum atomic E-state index is 14.1. The highest BCUT2D eigenvalue weighted by molar-refractivity contribution is 6.30. The van der Waals surface area contributed by atoms with E-state index in [1.165, 1.54) is 17.0 Å². The van der Waals surface area contributed by atoms with Crippen LogP contribution in [-0.2, 0) is 16.2 Å². The molecule has 1 atom stereocenters. The zero-order valence-electron chi connectivity index (χ0n) is 15.7. The van der Waals surface area contributed by atoms with E-state index in [9.17, 15) is 13.6 Å². The summed E-state index contributed by atoms with van der Waals surface area (Å²) in [6.45, 7) is 3.86. The lowest BCUT2D eigenvalue weighted by molar-refractivity contribution is -0.137. The zero-order chi connectivity index (χ0) is 20.3. The lowest BCUT2D eigenvalue weighted by Crippen LogP contribution is -2.39. The summed E-state index contributed by atoms with van der Waals surface area (Å²) in [6, 6.07) is 10.6. The van der Waals surface area contributed by atoms with Crippen LogP contribution in [0.25, 0.3) is 0 Å². The van der Waals surface area contributed by atoms with E-state index in [1.54, 1.807) is 26.0 Å². The van der Waals surface area contributed by atoms with Crippen molar-refractivity contribution in [2.24, 2.45) is 11.1 Å². The molecule has 2 aromatic carbocycles. The van der Waals surface area contributed by atoms with Gasteiger partial charge in [0.1, 0.15) is 11.6 Å². The number of amides is 1. The van der Waals surface area contributed by atoms with Crippen molar-refractivity contribution in [3.8, 4) is 0 Å². The molecular formula is C21H21ClF2N2O2. The normalized spacial score (nSPS) is 16.1. The standard InChI is InChI=1S/C21H21ClF2N2O2/c1-13(2)21(27)26(11-15-5-8-17(23)9-19(15)24)12-18-10-20(25-28-18)14-3-6-16(22)7-4-14/h3-9,13,18H,10-12H2,1-2H3/t18-/m0/s1. The summed E-state index contributed by atoms with van der Waals surface area (Å²) in [5.74, 6) is -1.72. The van der Waals surface area contributed by atoms with E-state index in [-0.39, 0.29) is 36.6 Å². The van der Waals surface area contributed by atoms with Gasteiger partial charge in [0.2, 0.25) is 5.91 Å². The fourth-order valence-electron chi connectivity index (χ4n) is 3.04. The predicted octanol–water partition coefficient (Wildman–Crippen LogP) is 4.80. The molecule has 1 heterocycles. The van der Waals surface area contributed by atoms with Crippen molar-refractivity contribution in [3.05, 3.63) is 70.2 Å². The molecule has 1 aliphatic heterocycles. The van der Waals surface area contributed by atoms with E-state index >= 15 is 0 Å². The molecule has 0 fully saturated rings. The van der Waals surface area contributed by atoms with Crippen LogP contribution in [0.15, 0.2) is 47.6 Å². The van der Waals surface area contributed by atoms with E-state index in [4.69, 9.17) is 16.4 Å². The van der Waals surface area contributed by atoms with Crippen LogP contribution in [0.3, 0.4) is 0 Å². The maximum absolute atomic E-state index is 14.1. The van der Waals surface area contributed by atoms with Crippen molar-refractivity contribution < 1.29 is 18.4 Å². The van der Waals surface area contributed by atoms with Crippen molar-refractivity contribution in [1.82, 2.24) is 4.90 Å². The summed E-state index contributed by atoms with van der Waals surface area (Å²) in [7, 11) is 0. The monoisotopic (exact) mass is 406 g/mol. The van der Waals surface area contributed by atoms with E-state index in [0.29, 0.717) is 11.4 Å². The van der Waals surface area contributed by atoms with Crippen LogP contribution in [-0.4, -0.2) is 29.2 Å². The molecule has 1 aliphatic rings. The molecule has 0 aromatic heterocycles. The first kappa shape index (κ1) is 20.3. The fourth-order valence-corrected chi connectivity index (χ4v) is 3.16. The first-order valence-corrected chi connectivity index (χ1v) is 9.42. The third kappa shape index (κ3) is 4.87. The minimum absolute atomic E-state index is 0.0409. The molecule has 3 rings (SSSR count). The molecule has 7 heteroatoms. The highest BCUT2D eigenvalue weighted by Gasteiger charge is 2.28. The van der Waals surface area contributed by atoms with Gasteiger partial charge in [-0.25, -0.2) is 8.78 Å². The van der Waals surface area contributed by atoms with Gasteiger partial charge < -0.3 is 9.74 Å². The van der Waals surface area contributed by atoms with Crippen LogP contribution in [0.5, 0.6) is 0 Å². The number of halogens is 3. The van der Waals surface area contributed by atoms with Gasteiger partial charge in [0, 0.05) is 35.5 Å². The zero-order valence-corrected chi connectivity index (χ0v) is 16.4. The molecule has 0 unspecified atom stereocenters. The van der Waals surface area contributed by atoms with Gasteiger partial charge >= 0.3 is 0 Å². The Kier molecular flexibility index (Phi) is 6.29. The summed E-state index contributed by atoms with van der Waals surface area (Å²) in [5, 5.41) is 4.76. The number of rotatable bonds is 6. The smallest absolute Gasteiger partial charge is 0.225 e. The number of carbonyl (C=O) groups excluding carboxylic acids is 1. The van der Waals surface area contributed by atoms with Gasteiger partial charge in [0.15, 0.2) is 6.10 Å². The topological polar surface area (TPSA) is 41.9 Å². The third-order valence-electron chi connectivity index (χ3n) is 4.52. The maximum Gasteiger partial charge on any atom is 0.225 e. The highest BCUT2D eigenvalue weighted by Crippen LogP contribution is 2.21. The van der Waals surface area contributed by atoms with Gasteiger partial charge in [-0.15, -0.1) is 0 Å². The second-order valence-corrected chi connectivity index (χ2v) is 7.52. The Labute approximate surface area is 167 Å². The Morgan fingerprint density at radius 3 is 2.61 bits per heavy atom. The quantitative estimate of drug-likeness (QED) is 0.691. The Balaban J connectivity index is 1.70.